The third-order valence-corrected chi connectivity index (χ3v) is 9.51. The number of nitrogen functional groups attached to an aromatic ring is 1. The van der Waals surface area contributed by atoms with Crippen LogP contribution in [0.15, 0.2) is 6.33 Å². The number of methoxy groups -OCH3 is 1. The number of imidazole rings is 1. The van der Waals surface area contributed by atoms with Crippen molar-refractivity contribution < 1.29 is 33.0 Å². The highest BCUT2D eigenvalue weighted by molar-refractivity contribution is 8.13. The lowest BCUT2D eigenvalue weighted by atomic mass is 9.81. The monoisotopic (exact) mass is 558 g/mol. The van der Waals surface area contributed by atoms with Crippen molar-refractivity contribution in [1.82, 2.24) is 24.2 Å². The van der Waals surface area contributed by atoms with Gasteiger partial charge >= 0.3 is 13.7 Å². The number of hydrogen-bond donors (Lipinski definition) is 2. The number of rotatable bonds is 12. The number of nitrogens with two attached hydrogens (primary N) is 1. The number of thioether (sulfide) groups is 1. The van der Waals surface area contributed by atoms with Gasteiger partial charge in [0.05, 0.1) is 26.7 Å². The maximum atomic E-state index is 13.6. The van der Waals surface area contributed by atoms with Gasteiger partial charge in [0.2, 0.25) is 11.8 Å². The number of carboxylic acid groups (broad SMARTS) is 1. The van der Waals surface area contributed by atoms with Crippen LogP contribution in [0.3, 0.4) is 0 Å². The molecule has 0 radical (unpaired) electrons. The minimum Gasteiger partial charge on any atom is -0.480 e. The standard InChI is InChI=1S/C22H35N6O7PS/c1-13(19(29)30)27(5)36(32,34-7-8-37-20(31)22(2,3)4)35-11-14-9-15(10-14)28-12-24-16-17(28)25-21(23)26-18(16)33-6/h12-15H,7-11H2,1-6H3,(H,29,30)(H2,23,25,26). The van der Waals surface area contributed by atoms with E-state index in [2.05, 4.69) is 15.0 Å². The Kier molecular flexibility index (Phi) is 9.23. The first-order valence-electron chi connectivity index (χ1n) is 11.8. The van der Waals surface area contributed by atoms with E-state index < -0.39 is 25.2 Å². The first-order valence-corrected chi connectivity index (χ1v) is 14.3. The van der Waals surface area contributed by atoms with Gasteiger partial charge in [0.15, 0.2) is 16.3 Å². The molecule has 206 valence electrons. The Hall–Kier alpha value is -2.25. The maximum absolute atomic E-state index is 13.6. The summed E-state index contributed by atoms with van der Waals surface area (Å²) in [4.78, 5) is 36.3. The van der Waals surface area contributed by atoms with Gasteiger partial charge in [-0.3, -0.25) is 18.6 Å². The van der Waals surface area contributed by atoms with Gasteiger partial charge in [0.1, 0.15) is 6.04 Å². The molecule has 15 heteroatoms. The number of carbonyl (C=O) groups is 2. The highest BCUT2D eigenvalue weighted by atomic mass is 32.2. The highest BCUT2D eigenvalue weighted by Gasteiger charge is 2.40. The van der Waals surface area contributed by atoms with E-state index in [-0.39, 0.29) is 42.0 Å². The predicted octanol–water partition coefficient (Wildman–Crippen LogP) is 3.22. The van der Waals surface area contributed by atoms with Gasteiger partial charge in [0, 0.05) is 17.2 Å². The fraction of sp³-hybridized carbons (Fsp3) is 0.682. The molecule has 13 nitrogen and oxygen atoms in total. The van der Waals surface area contributed by atoms with Crippen molar-refractivity contribution in [3.8, 4) is 5.88 Å². The maximum Gasteiger partial charge on any atom is 0.408 e. The summed E-state index contributed by atoms with van der Waals surface area (Å²) in [5.41, 5.74) is 6.37. The van der Waals surface area contributed by atoms with Gasteiger partial charge < -0.3 is 20.1 Å². The molecule has 2 aromatic heterocycles. The number of carboxylic acids is 1. The Balaban J connectivity index is 1.61. The second-order valence-electron chi connectivity index (χ2n) is 9.98. The zero-order valence-corrected chi connectivity index (χ0v) is 23.6. The van der Waals surface area contributed by atoms with Gasteiger partial charge in [-0.15, -0.1) is 0 Å². The second-order valence-corrected chi connectivity index (χ2v) is 13.1. The van der Waals surface area contributed by atoms with Gasteiger partial charge in [0.25, 0.3) is 0 Å². The lowest BCUT2D eigenvalue weighted by molar-refractivity contribution is -0.141. The number of nitrogens with zero attached hydrogens (tertiary/aromatic N) is 5. The first kappa shape index (κ1) is 29.3. The van der Waals surface area contributed by atoms with Crippen molar-refractivity contribution in [3.05, 3.63) is 6.33 Å². The molecular formula is C22H35N6O7PS. The Labute approximate surface area is 220 Å². The Bertz CT molecular complexity index is 1180. The lowest BCUT2D eigenvalue weighted by Gasteiger charge is -2.37. The molecule has 1 aliphatic carbocycles. The van der Waals surface area contributed by atoms with E-state index in [1.807, 2.05) is 25.3 Å². The van der Waals surface area contributed by atoms with E-state index in [0.29, 0.717) is 29.9 Å². The molecule has 1 aliphatic rings. The van der Waals surface area contributed by atoms with E-state index in [0.717, 1.165) is 16.4 Å². The van der Waals surface area contributed by atoms with E-state index in [1.165, 1.54) is 21.1 Å². The average Bonchev–Trinajstić information content (AvgIpc) is 3.21. The van der Waals surface area contributed by atoms with Crippen LogP contribution in [0.25, 0.3) is 11.2 Å². The molecule has 1 saturated carbocycles. The van der Waals surface area contributed by atoms with Crippen LogP contribution in [0.4, 0.5) is 5.95 Å². The minimum atomic E-state index is -3.94. The molecule has 2 atom stereocenters. The molecule has 2 unspecified atom stereocenters. The van der Waals surface area contributed by atoms with Crippen molar-refractivity contribution in [1.29, 1.82) is 0 Å². The molecule has 0 saturated heterocycles. The van der Waals surface area contributed by atoms with Crippen molar-refractivity contribution >= 4 is 47.7 Å². The normalized spacial score (nSPS) is 20.4. The molecule has 3 rings (SSSR count). The number of fused-ring (bicyclic) bond motifs is 1. The topological polar surface area (TPSA) is 172 Å². The molecule has 1 fully saturated rings. The van der Waals surface area contributed by atoms with Crippen molar-refractivity contribution in [3.63, 3.8) is 0 Å². The van der Waals surface area contributed by atoms with E-state index in [9.17, 15) is 19.3 Å². The zero-order valence-electron chi connectivity index (χ0n) is 21.9. The Morgan fingerprint density at radius 1 is 1.32 bits per heavy atom. The number of likely N-dealkylation sites (N-methyl/N-ethyl adjacent to an activating group) is 1. The number of aromatic nitrogens is 4. The number of carbonyl (C=O) groups excluding carboxylic acids is 1. The molecule has 0 amide bonds. The van der Waals surface area contributed by atoms with Crippen LogP contribution in [-0.2, 0) is 23.2 Å². The largest absolute Gasteiger partial charge is 0.480 e. The van der Waals surface area contributed by atoms with Crippen LogP contribution in [0, 0.1) is 11.3 Å². The zero-order chi connectivity index (χ0) is 27.5. The number of anilines is 1. The molecule has 0 aromatic carbocycles. The molecule has 2 heterocycles. The molecule has 3 N–H and O–H groups in total. The molecular weight excluding hydrogens is 523 g/mol. The fourth-order valence-electron chi connectivity index (χ4n) is 3.67. The van der Waals surface area contributed by atoms with Crippen LogP contribution in [0.5, 0.6) is 5.88 Å². The quantitative estimate of drug-likeness (QED) is 0.287. The molecule has 0 aliphatic heterocycles. The number of aliphatic carboxylic acids is 1. The van der Waals surface area contributed by atoms with Gasteiger partial charge in [-0.2, -0.15) is 14.6 Å². The summed E-state index contributed by atoms with van der Waals surface area (Å²) in [6, 6.07) is -1.02. The molecule has 37 heavy (non-hydrogen) atoms. The smallest absolute Gasteiger partial charge is 0.408 e. The molecule has 0 bridgehead atoms. The summed E-state index contributed by atoms with van der Waals surface area (Å²) in [5.74, 6) is -0.435. The summed E-state index contributed by atoms with van der Waals surface area (Å²) in [5, 5.41) is 9.39. The van der Waals surface area contributed by atoms with Crippen LogP contribution in [-0.4, -0.2) is 79.5 Å². The van der Waals surface area contributed by atoms with Gasteiger partial charge in [-0.25, -0.2) is 9.55 Å². The third-order valence-electron chi connectivity index (χ3n) is 6.17. The average molecular weight is 559 g/mol. The van der Waals surface area contributed by atoms with Crippen LogP contribution in [0.1, 0.15) is 46.6 Å². The first-order chi connectivity index (χ1) is 17.3. The summed E-state index contributed by atoms with van der Waals surface area (Å²) in [7, 11) is -1.05. The summed E-state index contributed by atoms with van der Waals surface area (Å²) in [6.45, 7) is 6.94. The van der Waals surface area contributed by atoms with E-state index in [1.54, 1.807) is 6.33 Å². The Morgan fingerprint density at radius 2 is 2.00 bits per heavy atom. The van der Waals surface area contributed by atoms with Gasteiger partial charge in [-0.05, 0) is 32.7 Å². The predicted molar refractivity (Wildman–Crippen MR) is 139 cm³/mol. The number of hydrogen-bond acceptors (Lipinski definition) is 11. The van der Waals surface area contributed by atoms with Gasteiger partial charge in [-0.1, -0.05) is 32.5 Å². The summed E-state index contributed by atoms with van der Waals surface area (Å²) >= 11 is 1.08. The van der Waals surface area contributed by atoms with Crippen LogP contribution < -0.4 is 10.5 Å². The van der Waals surface area contributed by atoms with E-state index in [4.69, 9.17) is 19.5 Å². The van der Waals surface area contributed by atoms with Crippen LogP contribution >= 0.6 is 19.5 Å². The second kappa shape index (κ2) is 11.6. The van der Waals surface area contributed by atoms with Crippen LogP contribution in [0.2, 0.25) is 0 Å². The third kappa shape index (κ3) is 6.80. The SMILES string of the molecule is COc1nc(N)nc2c1ncn2C1CC(COP(=O)(OCCSC(=O)C(C)(C)C)N(C)C(C)C(=O)O)C1. The van der Waals surface area contributed by atoms with Crippen molar-refractivity contribution in [2.24, 2.45) is 11.3 Å². The fourth-order valence-corrected chi connectivity index (χ4v) is 6.27. The summed E-state index contributed by atoms with van der Waals surface area (Å²) < 4.78 is 33.2. The lowest BCUT2D eigenvalue weighted by Crippen LogP contribution is -2.36. The Morgan fingerprint density at radius 3 is 2.59 bits per heavy atom. The summed E-state index contributed by atoms with van der Waals surface area (Å²) in [6.07, 6.45) is 3.06. The van der Waals surface area contributed by atoms with E-state index >= 15 is 0 Å². The molecule has 0 spiro atoms. The number of ether oxygens (including phenoxy) is 1. The van der Waals surface area contributed by atoms with Crippen molar-refractivity contribution in [2.45, 2.75) is 52.6 Å². The minimum absolute atomic E-state index is 0.0173. The van der Waals surface area contributed by atoms with Crippen molar-refractivity contribution in [2.75, 3.05) is 38.9 Å². The highest BCUT2D eigenvalue weighted by Crippen LogP contribution is 2.54. The molecule has 2 aromatic rings.